The van der Waals surface area contributed by atoms with Crippen LogP contribution in [0.4, 0.5) is 0 Å². The Labute approximate surface area is 78.9 Å². The van der Waals surface area contributed by atoms with E-state index < -0.39 is 0 Å². The summed E-state index contributed by atoms with van der Waals surface area (Å²) in [5, 5.41) is 3.39. The fraction of sp³-hybridized carbons (Fsp3) is 1.00. The van der Waals surface area contributed by atoms with E-state index in [1.54, 1.807) is 0 Å². The molecule has 0 radical (unpaired) electrons. The van der Waals surface area contributed by atoms with E-state index in [0.717, 1.165) is 0 Å². The molecular formula is C11H27N. The number of hydrogen-bond acceptors (Lipinski definition) is 1. The summed E-state index contributed by atoms with van der Waals surface area (Å²) >= 11 is 0. The van der Waals surface area contributed by atoms with E-state index in [4.69, 9.17) is 0 Å². The van der Waals surface area contributed by atoms with Gasteiger partial charge in [0.15, 0.2) is 0 Å². The maximum atomic E-state index is 3.39. The predicted molar refractivity (Wildman–Crippen MR) is 58.7 cm³/mol. The third-order valence-corrected chi connectivity index (χ3v) is 1.41. The lowest BCUT2D eigenvalue weighted by Crippen LogP contribution is -2.15. The molecule has 12 heavy (non-hydrogen) atoms. The first kappa shape index (κ1) is 14.5. The smallest absolute Gasteiger partial charge is 0.00490 e. The van der Waals surface area contributed by atoms with E-state index in [0.29, 0.717) is 0 Å². The molecular weight excluding hydrogens is 146 g/mol. The molecule has 0 fully saturated rings. The molecule has 0 aromatic heterocycles. The summed E-state index contributed by atoms with van der Waals surface area (Å²) in [4.78, 5) is 0. The molecule has 0 aliphatic rings. The highest BCUT2D eigenvalue weighted by Crippen LogP contribution is 1.85. The Morgan fingerprint density at radius 2 is 1.08 bits per heavy atom. The lowest BCUT2D eigenvalue weighted by molar-refractivity contribution is 0.611. The van der Waals surface area contributed by atoms with Crippen LogP contribution >= 0.6 is 0 Å². The molecule has 1 N–H and O–H groups in total. The first-order valence-corrected chi connectivity index (χ1v) is 5.54. The van der Waals surface area contributed by atoms with Gasteiger partial charge in [0.2, 0.25) is 0 Å². The van der Waals surface area contributed by atoms with Gasteiger partial charge < -0.3 is 5.32 Å². The Balaban J connectivity index is 0. The molecule has 0 spiro atoms. The fourth-order valence-electron chi connectivity index (χ4n) is 0.729. The van der Waals surface area contributed by atoms with Gasteiger partial charge in [-0.2, -0.15) is 0 Å². The van der Waals surface area contributed by atoms with E-state index in [1.807, 2.05) is 0 Å². The monoisotopic (exact) mass is 173 g/mol. The van der Waals surface area contributed by atoms with Gasteiger partial charge in [0.1, 0.15) is 0 Å². The highest BCUT2D eigenvalue weighted by Gasteiger charge is 1.83. The van der Waals surface area contributed by atoms with Gasteiger partial charge >= 0.3 is 0 Å². The zero-order valence-electron chi connectivity index (χ0n) is 9.45. The van der Waals surface area contributed by atoms with Crippen molar-refractivity contribution >= 4 is 0 Å². The summed E-state index contributed by atoms with van der Waals surface area (Å²) in [6.07, 6.45) is 6.51. The summed E-state index contributed by atoms with van der Waals surface area (Å²) in [6, 6.07) is 0. The second-order valence-electron chi connectivity index (χ2n) is 3.16. The maximum absolute atomic E-state index is 3.39. The van der Waals surface area contributed by atoms with Crippen LogP contribution in [0.3, 0.4) is 0 Å². The van der Waals surface area contributed by atoms with Gasteiger partial charge in [-0.1, -0.05) is 47.0 Å². The quantitative estimate of drug-likeness (QED) is 0.605. The van der Waals surface area contributed by atoms with E-state index in [9.17, 15) is 0 Å². The number of nitrogens with one attached hydrogen (secondary N) is 1. The number of hydrogen-bond donors (Lipinski definition) is 1. The maximum Gasteiger partial charge on any atom is -0.00490 e. The first-order valence-electron chi connectivity index (χ1n) is 5.54. The molecule has 0 amide bonds. The largest absolute Gasteiger partial charge is 0.317 e. The molecule has 0 bridgehead atoms. The Bertz CT molecular complexity index is 47.0. The average molecular weight is 173 g/mol. The topological polar surface area (TPSA) is 12.0 Å². The number of unbranched alkanes of at least 4 members (excludes halogenated alkanes) is 2. The SMILES string of the molecule is CCC.CCCCNCCCC. The predicted octanol–water partition coefficient (Wildman–Crippen LogP) is 3.59. The fourth-order valence-corrected chi connectivity index (χ4v) is 0.729. The summed E-state index contributed by atoms with van der Waals surface area (Å²) < 4.78 is 0. The zero-order valence-corrected chi connectivity index (χ0v) is 9.45. The van der Waals surface area contributed by atoms with Crippen LogP contribution in [0.5, 0.6) is 0 Å². The minimum atomic E-state index is 1.20. The third-order valence-electron chi connectivity index (χ3n) is 1.41. The van der Waals surface area contributed by atoms with Crippen LogP contribution in [0.15, 0.2) is 0 Å². The summed E-state index contributed by atoms with van der Waals surface area (Å²) in [5.74, 6) is 0. The van der Waals surface area contributed by atoms with Gasteiger partial charge in [-0.15, -0.1) is 0 Å². The minimum Gasteiger partial charge on any atom is -0.317 e. The molecule has 1 nitrogen and oxygen atoms in total. The minimum absolute atomic E-state index is 1.20. The lowest BCUT2D eigenvalue weighted by Gasteiger charge is -1.99. The van der Waals surface area contributed by atoms with Crippen LogP contribution in [-0.2, 0) is 0 Å². The third kappa shape index (κ3) is 22.5. The van der Waals surface area contributed by atoms with Crippen molar-refractivity contribution in [3.63, 3.8) is 0 Å². The summed E-state index contributed by atoms with van der Waals surface area (Å²) in [6.45, 7) is 11.1. The molecule has 1 heteroatoms. The van der Waals surface area contributed by atoms with Crippen LogP contribution in [-0.4, -0.2) is 13.1 Å². The van der Waals surface area contributed by atoms with Crippen LogP contribution in [0, 0.1) is 0 Å². The van der Waals surface area contributed by atoms with Crippen molar-refractivity contribution in [2.24, 2.45) is 0 Å². The van der Waals surface area contributed by atoms with Gasteiger partial charge in [-0.3, -0.25) is 0 Å². The van der Waals surface area contributed by atoms with Crippen LogP contribution in [0.1, 0.15) is 59.8 Å². The standard InChI is InChI=1S/C8H19N.C3H8/c1-3-5-7-9-8-6-4-2;1-3-2/h9H,3-8H2,1-2H3;3H2,1-2H3. The van der Waals surface area contributed by atoms with Gasteiger partial charge in [0, 0.05) is 0 Å². The normalized spacial score (nSPS) is 9.00. The second kappa shape index (κ2) is 17.2. The zero-order chi connectivity index (χ0) is 9.66. The first-order chi connectivity index (χ1) is 5.83. The van der Waals surface area contributed by atoms with Gasteiger partial charge in [-0.05, 0) is 25.9 Å². The molecule has 0 unspecified atom stereocenters. The summed E-state index contributed by atoms with van der Waals surface area (Å²) in [5.41, 5.74) is 0. The molecule has 0 saturated carbocycles. The molecule has 0 heterocycles. The van der Waals surface area contributed by atoms with E-state index in [1.165, 1.54) is 45.2 Å². The molecule has 0 rings (SSSR count). The van der Waals surface area contributed by atoms with Crippen LogP contribution in [0.25, 0.3) is 0 Å². The lowest BCUT2D eigenvalue weighted by atomic mass is 10.3. The van der Waals surface area contributed by atoms with Crippen molar-refractivity contribution in [2.45, 2.75) is 59.8 Å². The molecule has 0 aromatic rings. The Hall–Kier alpha value is -0.0400. The molecule has 0 aliphatic heterocycles. The molecule has 0 atom stereocenters. The molecule has 0 aromatic carbocycles. The molecule has 0 saturated heterocycles. The average Bonchev–Trinajstić information content (AvgIpc) is 2.06. The Kier molecular flexibility index (Phi) is 20.7. The Morgan fingerprint density at radius 3 is 1.33 bits per heavy atom. The second-order valence-corrected chi connectivity index (χ2v) is 3.16. The number of rotatable bonds is 6. The van der Waals surface area contributed by atoms with Crippen molar-refractivity contribution in [1.29, 1.82) is 0 Å². The Morgan fingerprint density at radius 1 is 0.750 bits per heavy atom. The van der Waals surface area contributed by atoms with Gasteiger partial charge in [0.05, 0.1) is 0 Å². The van der Waals surface area contributed by atoms with Crippen LogP contribution < -0.4 is 5.32 Å². The van der Waals surface area contributed by atoms with Crippen molar-refractivity contribution < 1.29 is 0 Å². The summed E-state index contributed by atoms with van der Waals surface area (Å²) in [7, 11) is 0. The van der Waals surface area contributed by atoms with Crippen LogP contribution in [0.2, 0.25) is 0 Å². The van der Waals surface area contributed by atoms with Crippen molar-refractivity contribution in [1.82, 2.24) is 5.32 Å². The van der Waals surface area contributed by atoms with E-state index in [-0.39, 0.29) is 0 Å². The van der Waals surface area contributed by atoms with Gasteiger partial charge in [-0.25, -0.2) is 0 Å². The van der Waals surface area contributed by atoms with E-state index >= 15 is 0 Å². The molecule has 0 aliphatic carbocycles. The van der Waals surface area contributed by atoms with Gasteiger partial charge in [0.25, 0.3) is 0 Å². The highest BCUT2D eigenvalue weighted by atomic mass is 14.8. The molecule has 76 valence electrons. The van der Waals surface area contributed by atoms with Crippen molar-refractivity contribution in [3.8, 4) is 0 Å². The van der Waals surface area contributed by atoms with E-state index in [2.05, 4.69) is 33.0 Å². The van der Waals surface area contributed by atoms with Crippen molar-refractivity contribution in [2.75, 3.05) is 13.1 Å². The highest BCUT2D eigenvalue weighted by molar-refractivity contribution is 4.45. The van der Waals surface area contributed by atoms with Crippen molar-refractivity contribution in [3.05, 3.63) is 0 Å².